The molecule has 10 heteroatoms. The minimum absolute atomic E-state index is 0. The second kappa shape index (κ2) is 11.9. The summed E-state index contributed by atoms with van der Waals surface area (Å²) in [6.07, 6.45) is -4.40. The number of nitrogens with zero attached hydrogens (tertiary/aromatic N) is 3. The number of aliphatic imine (C=N–C) groups is 1. The number of nitrogens with one attached hydrogen (secondary N) is 2. The van der Waals surface area contributed by atoms with Crippen LogP contribution in [0, 0.1) is 0 Å². The van der Waals surface area contributed by atoms with Crippen molar-refractivity contribution < 1.29 is 13.2 Å². The molecule has 1 aromatic heterocycles. The van der Waals surface area contributed by atoms with Crippen LogP contribution in [-0.2, 0) is 12.7 Å². The molecular formula is C15H27F3IN5S. The molecule has 0 aliphatic carbocycles. The first kappa shape index (κ1) is 24.4. The van der Waals surface area contributed by atoms with Crippen LogP contribution >= 0.6 is 35.3 Å². The Morgan fingerprint density at radius 2 is 1.92 bits per heavy atom. The molecule has 0 spiro atoms. The van der Waals surface area contributed by atoms with Crippen LogP contribution < -0.4 is 10.6 Å². The molecule has 1 atom stereocenters. The standard InChI is InChI=1S/C15H26F3N5S.HI/c1-5-19-14(20-8-11(4)23(6-2)7-3)21-9-13-22-12(10-24-13)15(16,17)18;/h10-11H,5-9H2,1-4H3,(H2,19,20,21);1H. The van der Waals surface area contributed by atoms with Gasteiger partial charge in [0.1, 0.15) is 5.01 Å². The van der Waals surface area contributed by atoms with E-state index in [1.807, 2.05) is 6.92 Å². The molecule has 0 bridgehead atoms. The lowest BCUT2D eigenvalue weighted by atomic mass is 10.3. The van der Waals surface area contributed by atoms with E-state index >= 15 is 0 Å². The molecule has 1 unspecified atom stereocenters. The first-order valence-electron chi connectivity index (χ1n) is 8.09. The topological polar surface area (TPSA) is 52.6 Å². The van der Waals surface area contributed by atoms with Crippen molar-refractivity contribution in [3.8, 4) is 0 Å². The van der Waals surface area contributed by atoms with Crippen molar-refractivity contribution in [1.82, 2.24) is 20.5 Å². The molecule has 0 amide bonds. The Morgan fingerprint density at radius 3 is 2.40 bits per heavy atom. The van der Waals surface area contributed by atoms with Gasteiger partial charge in [-0.3, -0.25) is 4.90 Å². The molecule has 0 saturated heterocycles. The molecule has 0 fully saturated rings. The predicted octanol–water partition coefficient (Wildman–Crippen LogP) is 3.57. The van der Waals surface area contributed by atoms with E-state index in [4.69, 9.17) is 0 Å². The van der Waals surface area contributed by atoms with Crippen LogP contribution in [0.2, 0.25) is 0 Å². The number of guanidine groups is 1. The van der Waals surface area contributed by atoms with Crippen molar-refractivity contribution in [2.75, 3.05) is 26.2 Å². The van der Waals surface area contributed by atoms with E-state index in [0.717, 1.165) is 29.8 Å². The highest BCUT2D eigenvalue weighted by Gasteiger charge is 2.33. The summed E-state index contributed by atoms with van der Waals surface area (Å²) < 4.78 is 37.7. The molecule has 0 radical (unpaired) electrons. The number of likely N-dealkylation sites (N-methyl/N-ethyl adjacent to an activating group) is 1. The lowest BCUT2D eigenvalue weighted by Crippen LogP contribution is -2.45. The summed E-state index contributed by atoms with van der Waals surface area (Å²) >= 11 is 0.971. The van der Waals surface area contributed by atoms with Crippen LogP contribution in [0.15, 0.2) is 10.4 Å². The average molecular weight is 493 g/mol. The van der Waals surface area contributed by atoms with Gasteiger partial charge in [-0.25, -0.2) is 9.98 Å². The van der Waals surface area contributed by atoms with Gasteiger partial charge >= 0.3 is 6.18 Å². The summed E-state index contributed by atoms with van der Waals surface area (Å²) in [5, 5.41) is 7.69. The van der Waals surface area contributed by atoms with E-state index in [1.165, 1.54) is 0 Å². The number of alkyl halides is 3. The highest BCUT2D eigenvalue weighted by Crippen LogP contribution is 2.30. The summed E-state index contributed by atoms with van der Waals surface area (Å²) in [6, 6.07) is 0.334. The Balaban J connectivity index is 0.00000576. The van der Waals surface area contributed by atoms with E-state index < -0.39 is 11.9 Å². The Hall–Kier alpha value is -0.620. The van der Waals surface area contributed by atoms with Crippen molar-refractivity contribution in [3.05, 3.63) is 16.1 Å². The fourth-order valence-electron chi connectivity index (χ4n) is 2.22. The third-order valence-corrected chi connectivity index (χ3v) is 4.39. The number of hydrogen-bond acceptors (Lipinski definition) is 4. The van der Waals surface area contributed by atoms with Gasteiger partial charge in [0.2, 0.25) is 0 Å². The Morgan fingerprint density at radius 1 is 1.28 bits per heavy atom. The molecule has 0 saturated carbocycles. The van der Waals surface area contributed by atoms with Crippen LogP contribution in [-0.4, -0.2) is 48.1 Å². The summed E-state index contributed by atoms with van der Waals surface area (Å²) in [5.74, 6) is 0.584. The predicted molar refractivity (Wildman–Crippen MR) is 108 cm³/mol. The smallest absolute Gasteiger partial charge is 0.357 e. The lowest BCUT2D eigenvalue weighted by Gasteiger charge is -2.27. The van der Waals surface area contributed by atoms with Gasteiger partial charge in [-0.05, 0) is 26.9 Å². The average Bonchev–Trinajstić information content (AvgIpc) is 3.00. The molecule has 0 aliphatic rings. The van der Waals surface area contributed by atoms with E-state index in [1.54, 1.807) is 0 Å². The Kier molecular flexibility index (Phi) is 11.6. The molecule has 0 aromatic carbocycles. The number of hydrogen-bond donors (Lipinski definition) is 2. The van der Waals surface area contributed by atoms with Crippen molar-refractivity contribution in [1.29, 1.82) is 0 Å². The zero-order valence-electron chi connectivity index (χ0n) is 15.0. The van der Waals surface area contributed by atoms with Gasteiger partial charge in [0.25, 0.3) is 0 Å². The van der Waals surface area contributed by atoms with Crippen LogP contribution in [0.1, 0.15) is 38.4 Å². The quantitative estimate of drug-likeness (QED) is 0.331. The third-order valence-electron chi connectivity index (χ3n) is 3.56. The molecule has 0 aliphatic heterocycles. The maximum absolute atomic E-state index is 12.6. The minimum Gasteiger partial charge on any atom is -0.357 e. The number of thiazole rings is 1. The Bertz CT molecular complexity index is 518. The van der Waals surface area contributed by atoms with Crippen LogP contribution in [0.25, 0.3) is 0 Å². The maximum Gasteiger partial charge on any atom is 0.434 e. The lowest BCUT2D eigenvalue weighted by molar-refractivity contribution is -0.140. The van der Waals surface area contributed by atoms with Gasteiger partial charge in [0, 0.05) is 24.5 Å². The highest BCUT2D eigenvalue weighted by molar-refractivity contribution is 14.0. The van der Waals surface area contributed by atoms with Crippen LogP contribution in [0.3, 0.4) is 0 Å². The molecule has 1 aromatic rings. The van der Waals surface area contributed by atoms with E-state index in [9.17, 15) is 13.2 Å². The van der Waals surface area contributed by atoms with Crippen molar-refractivity contribution in [2.45, 2.75) is 46.5 Å². The molecule has 5 nitrogen and oxygen atoms in total. The number of aromatic nitrogens is 1. The van der Waals surface area contributed by atoms with Gasteiger partial charge in [0.05, 0.1) is 6.54 Å². The van der Waals surface area contributed by atoms with Gasteiger partial charge in [-0.15, -0.1) is 35.3 Å². The van der Waals surface area contributed by atoms with Gasteiger partial charge < -0.3 is 10.6 Å². The number of rotatable bonds is 8. The van der Waals surface area contributed by atoms with E-state index in [0.29, 0.717) is 30.1 Å². The van der Waals surface area contributed by atoms with Crippen molar-refractivity contribution >= 4 is 41.3 Å². The minimum atomic E-state index is -4.40. The van der Waals surface area contributed by atoms with Gasteiger partial charge in [-0.1, -0.05) is 13.8 Å². The second-order valence-corrected chi connectivity index (χ2v) is 6.21. The zero-order valence-corrected chi connectivity index (χ0v) is 18.1. The first-order chi connectivity index (χ1) is 11.3. The fraction of sp³-hybridized carbons (Fsp3) is 0.733. The third kappa shape index (κ3) is 8.54. The summed E-state index contributed by atoms with van der Waals surface area (Å²) in [6.45, 7) is 11.7. The van der Waals surface area contributed by atoms with Gasteiger partial charge in [-0.2, -0.15) is 13.2 Å². The molecule has 2 N–H and O–H groups in total. The second-order valence-electron chi connectivity index (χ2n) is 5.27. The monoisotopic (exact) mass is 493 g/mol. The van der Waals surface area contributed by atoms with E-state index in [2.05, 4.69) is 46.3 Å². The molecule has 25 heavy (non-hydrogen) atoms. The zero-order chi connectivity index (χ0) is 18.2. The van der Waals surface area contributed by atoms with Crippen LogP contribution in [0.5, 0.6) is 0 Å². The molecular weight excluding hydrogens is 466 g/mol. The molecule has 1 rings (SSSR count). The summed E-state index contributed by atoms with van der Waals surface area (Å²) in [5.41, 5.74) is -0.856. The summed E-state index contributed by atoms with van der Waals surface area (Å²) in [7, 11) is 0. The van der Waals surface area contributed by atoms with Gasteiger partial charge in [0.15, 0.2) is 11.7 Å². The normalized spacial score (nSPS) is 13.5. The number of halogens is 4. The van der Waals surface area contributed by atoms with Crippen molar-refractivity contribution in [3.63, 3.8) is 0 Å². The molecule has 146 valence electrons. The summed E-state index contributed by atoms with van der Waals surface area (Å²) in [4.78, 5) is 10.2. The largest absolute Gasteiger partial charge is 0.434 e. The SMILES string of the molecule is CCNC(=NCc1nc(C(F)(F)F)cs1)NCC(C)N(CC)CC.I. The molecule has 1 heterocycles. The first-order valence-corrected chi connectivity index (χ1v) is 8.97. The maximum atomic E-state index is 12.6. The van der Waals surface area contributed by atoms with Crippen LogP contribution in [0.4, 0.5) is 13.2 Å². The fourth-order valence-corrected chi connectivity index (χ4v) is 2.95. The highest BCUT2D eigenvalue weighted by atomic mass is 127. The van der Waals surface area contributed by atoms with Crippen molar-refractivity contribution in [2.24, 2.45) is 4.99 Å². The van der Waals surface area contributed by atoms with E-state index in [-0.39, 0.29) is 30.5 Å². The Labute approximate surface area is 168 Å².